The fourth-order valence-electron chi connectivity index (χ4n) is 3.24. The zero-order valence-corrected chi connectivity index (χ0v) is 15.8. The van der Waals surface area contributed by atoms with Gasteiger partial charge in [-0.15, -0.1) is 0 Å². The van der Waals surface area contributed by atoms with Crippen LogP contribution in [-0.4, -0.2) is 41.4 Å². The molecule has 2 heterocycles. The van der Waals surface area contributed by atoms with Crippen LogP contribution in [0.1, 0.15) is 22.7 Å². The number of aldehydes is 1. The first-order chi connectivity index (χ1) is 13.4. The third kappa shape index (κ3) is 4.81. The molecule has 146 valence electrons. The van der Waals surface area contributed by atoms with Crippen molar-refractivity contribution in [2.24, 2.45) is 11.7 Å². The highest BCUT2D eigenvalue weighted by Gasteiger charge is 2.33. The Morgan fingerprint density at radius 3 is 2.71 bits per heavy atom. The molecular formula is C21H25N5O2. The molecule has 1 aliphatic heterocycles. The minimum atomic E-state index is -0.0552. The van der Waals surface area contributed by atoms with E-state index in [4.69, 9.17) is 16.3 Å². The summed E-state index contributed by atoms with van der Waals surface area (Å²) in [6, 6.07) is 11.2. The molecule has 1 aromatic carbocycles. The third-order valence-electron chi connectivity index (χ3n) is 4.59. The number of nitrogens with zero attached hydrogens (tertiary/aromatic N) is 2. The van der Waals surface area contributed by atoms with Crippen LogP contribution >= 0.6 is 0 Å². The number of phenols is 1. The monoisotopic (exact) mass is 379 g/mol. The van der Waals surface area contributed by atoms with Crippen molar-refractivity contribution in [2.75, 3.05) is 25.9 Å². The first-order valence-corrected chi connectivity index (χ1v) is 8.79. The number of anilines is 1. The number of aromatic hydroxyl groups is 1. The molecule has 2 aromatic rings. The van der Waals surface area contributed by atoms with Crippen molar-refractivity contribution in [3.63, 3.8) is 0 Å². The molecule has 0 amide bonds. The third-order valence-corrected chi connectivity index (χ3v) is 4.59. The van der Waals surface area contributed by atoms with E-state index in [9.17, 15) is 10.4 Å². The summed E-state index contributed by atoms with van der Waals surface area (Å²) in [5.41, 5.74) is 14.9. The molecule has 1 aromatic heterocycles. The van der Waals surface area contributed by atoms with Crippen LogP contribution in [0.15, 0.2) is 43.0 Å². The van der Waals surface area contributed by atoms with Crippen molar-refractivity contribution >= 4 is 23.9 Å². The molecule has 0 spiro atoms. The van der Waals surface area contributed by atoms with E-state index >= 15 is 0 Å². The number of nitrogens with one attached hydrogen (secondary N) is 1. The van der Waals surface area contributed by atoms with Gasteiger partial charge in [0.25, 0.3) is 0 Å². The van der Waals surface area contributed by atoms with Gasteiger partial charge in [-0.25, -0.2) is 0 Å². The molecule has 7 nitrogen and oxygen atoms in total. The van der Waals surface area contributed by atoms with Gasteiger partial charge < -0.3 is 26.5 Å². The van der Waals surface area contributed by atoms with Crippen molar-refractivity contribution in [3.8, 4) is 11.8 Å². The Balaban J connectivity index is 0.000000640. The van der Waals surface area contributed by atoms with Crippen molar-refractivity contribution in [2.45, 2.75) is 5.92 Å². The number of nitrogens with two attached hydrogens (primary N) is 2. The molecule has 0 aliphatic carbocycles. The molecule has 0 bridgehead atoms. The summed E-state index contributed by atoms with van der Waals surface area (Å²) in [5.74, 6) is 0.688. The Bertz CT molecular complexity index is 904. The van der Waals surface area contributed by atoms with E-state index in [2.05, 4.69) is 22.5 Å². The van der Waals surface area contributed by atoms with Gasteiger partial charge in [-0.3, -0.25) is 4.79 Å². The highest BCUT2D eigenvalue weighted by Crippen LogP contribution is 2.33. The first kappa shape index (κ1) is 20.8. The van der Waals surface area contributed by atoms with E-state index in [-0.39, 0.29) is 17.6 Å². The second kappa shape index (κ2) is 9.44. The smallest absolute Gasteiger partial charge is 0.142 e. The van der Waals surface area contributed by atoms with Crippen LogP contribution in [0.25, 0.3) is 11.8 Å². The molecule has 1 fully saturated rings. The molecule has 1 saturated heterocycles. The van der Waals surface area contributed by atoms with Gasteiger partial charge in [-0.05, 0) is 37.4 Å². The van der Waals surface area contributed by atoms with Crippen LogP contribution < -0.4 is 11.5 Å². The highest BCUT2D eigenvalue weighted by atomic mass is 16.3. The number of phenolic OH excluding ortho intramolecular Hbond substituents is 1. The number of nitrogen functional groups attached to an aromatic ring is 1. The lowest BCUT2D eigenvalue weighted by molar-refractivity contribution is -0.104. The van der Waals surface area contributed by atoms with E-state index < -0.39 is 0 Å². The SMILES string of the molecule is C=CC=O.CN1CC(C#N)C(c2cc(/C=C(\N)c3ccccc3O)c(N)[nH]2)C1. The average molecular weight is 379 g/mol. The molecule has 28 heavy (non-hydrogen) atoms. The van der Waals surface area contributed by atoms with Crippen LogP contribution in [0.3, 0.4) is 0 Å². The summed E-state index contributed by atoms with van der Waals surface area (Å²) in [5, 5.41) is 19.2. The summed E-state index contributed by atoms with van der Waals surface area (Å²) in [6.45, 7) is 4.68. The number of carbonyl (C=O) groups is 1. The minimum absolute atomic E-state index is 0.0552. The fourth-order valence-corrected chi connectivity index (χ4v) is 3.24. The van der Waals surface area contributed by atoms with Crippen LogP contribution in [0.4, 0.5) is 5.82 Å². The molecule has 7 heteroatoms. The van der Waals surface area contributed by atoms with Crippen LogP contribution in [0.2, 0.25) is 0 Å². The number of para-hydroxylation sites is 1. The Hall–Kier alpha value is -3.50. The first-order valence-electron chi connectivity index (χ1n) is 8.79. The maximum atomic E-state index is 9.90. The number of carbonyl (C=O) groups excluding carboxylic acids is 1. The second-order valence-corrected chi connectivity index (χ2v) is 6.65. The number of aromatic amines is 1. The lowest BCUT2D eigenvalue weighted by Gasteiger charge is -2.10. The number of allylic oxidation sites excluding steroid dienone is 1. The number of benzene rings is 1. The van der Waals surface area contributed by atoms with Crippen molar-refractivity contribution in [1.82, 2.24) is 9.88 Å². The zero-order chi connectivity index (χ0) is 20.7. The lowest BCUT2D eigenvalue weighted by Crippen LogP contribution is -2.13. The predicted octanol–water partition coefficient (Wildman–Crippen LogP) is 2.30. The topological polar surface area (TPSA) is 132 Å². The number of nitriles is 1. The van der Waals surface area contributed by atoms with Gasteiger partial charge in [0.2, 0.25) is 0 Å². The summed E-state index contributed by atoms with van der Waals surface area (Å²) in [4.78, 5) is 14.4. The van der Waals surface area contributed by atoms with Crippen LogP contribution in [0.5, 0.6) is 5.75 Å². The van der Waals surface area contributed by atoms with E-state index in [0.717, 1.165) is 24.3 Å². The van der Waals surface area contributed by atoms with Crippen LogP contribution in [-0.2, 0) is 4.79 Å². The number of aromatic nitrogens is 1. The summed E-state index contributed by atoms with van der Waals surface area (Å²) >= 11 is 0. The molecule has 6 N–H and O–H groups in total. The standard InChI is InChI=1S/C18H21N5O.C3H4O/c1-23-9-12(8-19)14(10-23)16-7-11(18(21)22-16)6-15(20)13-4-2-3-5-17(13)24;1-2-3-4/h2-7,12,14,22,24H,9-10,20-21H2,1H3;2-3H,1H2/b15-6-;. The van der Waals surface area contributed by atoms with E-state index in [1.807, 2.05) is 19.2 Å². The Labute approximate surface area is 164 Å². The fraction of sp³-hybridized carbons (Fsp3) is 0.238. The highest BCUT2D eigenvalue weighted by molar-refractivity contribution is 5.84. The molecule has 2 atom stereocenters. The van der Waals surface area contributed by atoms with E-state index in [1.165, 1.54) is 6.08 Å². The van der Waals surface area contributed by atoms with Gasteiger partial charge in [0.15, 0.2) is 0 Å². The van der Waals surface area contributed by atoms with Gasteiger partial charge in [-0.1, -0.05) is 18.7 Å². The summed E-state index contributed by atoms with van der Waals surface area (Å²) in [7, 11) is 2.01. The lowest BCUT2D eigenvalue weighted by atomic mass is 9.94. The Morgan fingerprint density at radius 1 is 1.43 bits per heavy atom. The summed E-state index contributed by atoms with van der Waals surface area (Å²) in [6.07, 6.45) is 3.57. The Morgan fingerprint density at radius 2 is 2.11 bits per heavy atom. The summed E-state index contributed by atoms with van der Waals surface area (Å²) < 4.78 is 0. The quantitative estimate of drug-likeness (QED) is 0.476. The average Bonchev–Trinajstić information content (AvgIpc) is 3.24. The van der Waals surface area contributed by atoms with Gasteiger partial charge >= 0.3 is 0 Å². The van der Waals surface area contributed by atoms with Gasteiger partial charge in [0.1, 0.15) is 17.9 Å². The number of likely N-dealkylation sites (tertiary alicyclic amines) is 1. The number of likely N-dealkylation sites (N-methyl/N-ethyl adjacent to an activating group) is 1. The van der Waals surface area contributed by atoms with Crippen molar-refractivity contribution < 1.29 is 9.90 Å². The maximum absolute atomic E-state index is 9.90. The van der Waals surface area contributed by atoms with Crippen LogP contribution in [0, 0.1) is 17.2 Å². The predicted molar refractivity (Wildman–Crippen MR) is 111 cm³/mol. The Kier molecular flexibility index (Phi) is 7.02. The molecular weight excluding hydrogens is 354 g/mol. The van der Waals surface area contributed by atoms with E-state index in [1.54, 1.807) is 24.3 Å². The normalized spacial score (nSPS) is 19.4. The molecule has 0 saturated carbocycles. The van der Waals surface area contributed by atoms with Gasteiger partial charge in [0.05, 0.1) is 12.0 Å². The van der Waals surface area contributed by atoms with Gasteiger partial charge in [-0.2, -0.15) is 5.26 Å². The number of rotatable bonds is 4. The van der Waals surface area contributed by atoms with Gasteiger partial charge in [0, 0.05) is 41.5 Å². The largest absolute Gasteiger partial charge is 0.507 e. The minimum Gasteiger partial charge on any atom is -0.507 e. The number of hydrogen-bond acceptors (Lipinski definition) is 6. The second-order valence-electron chi connectivity index (χ2n) is 6.65. The molecule has 2 unspecified atom stereocenters. The number of H-pyrrole nitrogens is 1. The number of hydrogen-bond donors (Lipinski definition) is 4. The van der Waals surface area contributed by atoms with Crippen molar-refractivity contribution in [1.29, 1.82) is 5.26 Å². The maximum Gasteiger partial charge on any atom is 0.142 e. The van der Waals surface area contributed by atoms with Crippen molar-refractivity contribution in [3.05, 3.63) is 59.8 Å². The molecule has 0 radical (unpaired) electrons. The zero-order valence-electron chi connectivity index (χ0n) is 15.8. The molecule has 3 rings (SSSR count). The molecule has 1 aliphatic rings. The van der Waals surface area contributed by atoms with E-state index in [0.29, 0.717) is 23.4 Å².